The van der Waals surface area contributed by atoms with E-state index in [1.54, 1.807) is 26.0 Å². The van der Waals surface area contributed by atoms with Crippen molar-refractivity contribution in [1.29, 1.82) is 0 Å². The molecule has 1 fully saturated rings. The Bertz CT molecular complexity index is 669. The fourth-order valence-corrected chi connectivity index (χ4v) is 3.57. The molecule has 1 aromatic rings. The third-order valence-corrected chi connectivity index (χ3v) is 5.55. The number of likely N-dealkylation sites (N-methyl/N-ethyl adjacent to an activating group) is 1. The Hall–Kier alpha value is -1.39. The highest BCUT2D eigenvalue weighted by molar-refractivity contribution is 14.0. The van der Waals surface area contributed by atoms with E-state index in [9.17, 15) is 4.79 Å². The Morgan fingerprint density at radius 3 is 2.20 bits per heavy atom. The van der Waals surface area contributed by atoms with Crippen LogP contribution in [0.3, 0.4) is 0 Å². The fraction of sp³-hybridized carbons (Fsp3) is 0.636. The molecule has 1 saturated heterocycles. The van der Waals surface area contributed by atoms with Crippen LogP contribution in [0.1, 0.15) is 29.8 Å². The van der Waals surface area contributed by atoms with Crippen molar-refractivity contribution in [3.05, 3.63) is 35.4 Å². The van der Waals surface area contributed by atoms with E-state index in [0.29, 0.717) is 24.1 Å². The van der Waals surface area contributed by atoms with Gasteiger partial charge in [0.25, 0.3) is 5.91 Å². The van der Waals surface area contributed by atoms with Crippen LogP contribution in [0.2, 0.25) is 0 Å². The molecule has 0 radical (unpaired) electrons. The van der Waals surface area contributed by atoms with Crippen LogP contribution >= 0.6 is 24.0 Å². The molecule has 1 heterocycles. The number of hydrogen-bond acceptors (Lipinski definition) is 4. The standard InChI is InChI=1S/C22H38N6O.HI/c1-17(2)20(28-13-11-27(6)12-14-28)16-25-22(23-3)24-15-18-7-9-19(10-8-18)21(29)26(4)5;/h7-10,17,20H,11-16H2,1-6H3,(H2,23,24,25);1H. The largest absolute Gasteiger partial charge is 0.355 e. The number of rotatable bonds is 7. The maximum absolute atomic E-state index is 12.0. The number of carbonyl (C=O) groups excluding carboxylic acids is 1. The number of hydrogen-bond donors (Lipinski definition) is 2. The van der Waals surface area contributed by atoms with Crippen molar-refractivity contribution < 1.29 is 4.79 Å². The number of benzene rings is 1. The van der Waals surface area contributed by atoms with Crippen LogP contribution in [-0.2, 0) is 6.54 Å². The Labute approximate surface area is 199 Å². The minimum Gasteiger partial charge on any atom is -0.355 e. The van der Waals surface area contributed by atoms with Crippen LogP contribution in [0.25, 0.3) is 0 Å². The smallest absolute Gasteiger partial charge is 0.253 e. The number of amides is 1. The highest BCUT2D eigenvalue weighted by Gasteiger charge is 2.25. The number of piperazine rings is 1. The third-order valence-electron chi connectivity index (χ3n) is 5.55. The van der Waals surface area contributed by atoms with Crippen molar-refractivity contribution >= 4 is 35.8 Å². The predicted molar refractivity (Wildman–Crippen MR) is 136 cm³/mol. The third kappa shape index (κ3) is 8.03. The van der Waals surface area contributed by atoms with Crippen molar-refractivity contribution in [2.24, 2.45) is 10.9 Å². The van der Waals surface area contributed by atoms with Crippen molar-refractivity contribution in [3.63, 3.8) is 0 Å². The van der Waals surface area contributed by atoms with Gasteiger partial charge in [-0.15, -0.1) is 24.0 Å². The summed E-state index contributed by atoms with van der Waals surface area (Å²) in [4.78, 5) is 22.9. The van der Waals surface area contributed by atoms with Gasteiger partial charge in [-0.3, -0.25) is 14.7 Å². The summed E-state index contributed by atoms with van der Waals surface area (Å²) in [5, 5.41) is 6.88. The second kappa shape index (κ2) is 13.1. The SMILES string of the molecule is CN=C(NCc1ccc(C(=O)N(C)C)cc1)NCC(C(C)C)N1CCN(C)CC1.I. The summed E-state index contributed by atoms with van der Waals surface area (Å²) in [6.45, 7) is 10.6. The van der Waals surface area contributed by atoms with Gasteiger partial charge in [0.1, 0.15) is 0 Å². The molecule has 1 aliphatic rings. The highest BCUT2D eigenvalue weighted by atomic mass is 127. The first-order valence-corrected chi connectivity index (χ1v) is 10.5. The van der Waals surface area contributed by atoms with Gasteiger partial charge in [0, 0.05) is 72.0 Å². The van der Waals surface area contributed by atoms with Crippen LogP contribution in [0.15, 0.2) is 29.3 Å². The summed E-state index contributed by atoms with van der Waals surface area (Å²) < 4.78 is 0. The molecule has 8 heteroatoms. The highest BCUT2D eigenvalue weighted by Crippen LogP contribution is 2.13. The molecule has 0 aliphatic carbocycles. The second-order valence-electron chi connectivity index (χ2n) is 8.35. The van der Waals surface area contributed by atoms with Crippen LogP contribution in [0.5, 0.6) is 0 Å². The molecule has 1 unspecified atom stereocenters. The minimum atomic E-state index is 0. The van der Waals surface area contributed by atoms with E-state index in [2.05, 4.69) is 46.3 Å². The number of nitrogens with one attached hydrogen (secondary N) is 2. The lowest BCUT2D eigenvalue weighted by atomic mass is 10.0. The Morgan fingerprint density at radius 1 is 1.10 bits per heavy atom. The zero-order chi connectivity index (χ0) is 21.4. The maximum Gasteiger partial charge on any atom is 0.253 e. The zero-order valence-electron chi connectivity index (χ0n) is 19.3. The van der Waals surface area contributed by atoms with Gasteiger partial charge < -0.3 is 20.4 Å². The molecule has 1 amide bonds. The maximum atomic E-state index is 12.0. The van der Waals surface area contributed by atoms with Gasteiger partial charge >= 0.3 is 0 Å². The van der Waals surface area contributed by atoms with E-state index < -0.39 is 0 Å². The molecule has 170 valence electrons. The zero-order valence-corrected chi connectivity index (χ0v) is 21.6. The van der Waals surface area contributed by atoms with E-state index in [-0.39, 0.29) is 29.9 Å². The van der Waals surface area contributed by atoms with E-state index >= 15 is 0 Å². The lowest BCUT2D eigenvalue weighted by Gasteiger charge is -2.40. The van der Waals surface area contributed by atoms with Gasteiger partial charge in [-0.25, -0.2) is 0 Å². The van der Waals surface area contributed by atoms with Crippen LogP contribution in [0.4, 0.5) is 0 Å². The monoisotopic (exact) mass is 530 g/mol. The van der Waals surface area contributed by atoms with Gasteiger partial charge in [-0.2, -0.15) is 0 Å². The first-order valence-electron chi connectivity index (χ1n) is 10.5. The topological polar surface area (TPSA) is 63.2 Å². The summed E-state index contributed by atoms with van der Waals surface area (Å²) in [5.74, 6) is 1.40. The Morgan fingerprint density at radius 2 is 1.70 bits per heavy atom. The summed E-state index contributed by atoms with van der Waals surface area (Å²) >= 11 is 0. The average Bonchev–Trinajstić information content (AvgIpc) is 2.71. The normalized spacial score (nSPS) is 16.7. The lowest BCUT2D eigenvalue weighted by molar-refractivity contribution is 0.0827. The second-order valence-corrected chi connectivity index (χ2v) is 8.35. The van der Waals surface area contributed by atoms with E-state index in [1.807, 2.05) is 24.3 Å². The molecule has 30 heavy (non-hydrogen) atoms. The molecule has 1 atom stereocenters. The molecule has 0 bridgehead atoms. The van der Waals surface area contributed by atoms with Gasteiger partial charge in [-0.1, -0.05) is 26.0 Å². The lowest BCUT2D eigenvalue weighted by Crippen LogP contribution is -2.55. The molecular weight excluding hydrogens is 491 g/mol. The quantitative estimate of drug-likeness (QED) is 0.321. The molecule has 0 aromatic heterocycles. The molecule has 0 saturated carbocycles. The summed E-state index contributed by atoms with van der Waals surface area (Å²) in [6.07, 6.45) is 0. The van der Waals surface area contributed by atoms with Crippen molar-refractivity contribution in [2.45, 2.75) is 26.4 Å². The molecule has 1 aromatic carbocycles. The van der Waals surface area contributed by atoms with Crippen molar-refractivity contribution in [2.75, 3.05) is 60.9 Å². The fourth-order valence-electron chi connectivity index (χ4n) is 3.57. The van der Waals surface area contributed by atoms with Crippen molar-refractivity contribution in [3.8, 4) is 0 Å². The minimum absolute atomic E-state index is 0. The first-order chi connectivity index (χ1) is 13.8. The van der Waals surface area contributed by atoms with Crippen LogP contribution in [-0.4, -0.2) is 93.5 Å². The Balaban J connectivity index is 0.00000450. The number of guanidine groups is 1. The van der Waals surface area contributed by atoms with Gasteiger partial charge in [0.05, 0.1) is 0 Å². The summed E-state index contributed by atoms with van der Waals surface area (Å²) in [5.41, 5.74) is 1.82. The molecule has 2 rings (SSSR count). The van der Waals surface area contributed by atoms with Crippen LogP contribution < -0.4 is 10.6 Å². The summed E-state index contributed by atoms with van der Waals surface area (Å²) in [7, 11) is 7.52. The molecule has 1 aliphatic heterocycles. The summed E-state index contributed by atoms with van der Waals surface area (Å²) in [6, 6.07) is 8.20. The molecular formula is C22H39IN6O. The number of aliphatic imine (C=N–C) groups is 1. The van der Waals surface area contributed by atoms with Crippen molar-refractivity contribution in [1.82, 2.24) is 25.3 Å². The van der Waals surface area contributed by atoms with Gasteiger partial charge in [-0.05, 0) is 30.7 Å². The average molecular weight is 530 g/mol. The number of nitrogens with zero attached hydrogens (tertiary/aromatic N) is 4. The first kappa shape index (κ1) is 26.6. The van der Waals surface area contributed by atoms with E-state index in [4.69, 9.17) is 0 Å². The van der Waals surface area contributed by atoms with Gasteiger partial charge in [0.2, 0.25) is 0 Å². The number of halogens is 1. The Kier molecular flexibility index (Phi) is 11.6. The van der Waals surface area contributed by atoms with Gasteiger partial charge in [0.15, 0.2) is 5.96 Å². The predicted octanol–water partition coefficient (Wildman–Crippen LogP) is 1.94. The molecule has 2 N–H and O–H groups in total. The number of carbonyl (C=O) groups is 1. The van der Waals surface area contributed by atoms with E-state index in [0.717, 1.165) is 44.2 Å². The molecule has 7 nitrogen and oxygen atoms in total. The molecule has 0 spiro atoms. The van der Waals surface area contributed by atoms with Crippen LogP contribution in [0, 0.1) is 5.92 Å². The van der Waals surface area contributed by atoms with E-state index in [1.165, 1.54) is 0 Å².